The van der Waals surface area contributed by atoms with E-state index in [1.807, 2.05) is 0 Å². The lowest BCUT2D eigenvalue weighted by Gasteiger charge is -2.12. The van der Waals surface area contributed by atoms with Crippen molar-refractivity contribution < 1.29 is 18.8 Å². The molecular formula is C17H14FN3O3. The lowest BCUT2D eigenvalue weighted by Crippen LogP contribution is -2.34. The molecule has 1 heterocycles. The van der Waals surface area contributed by atoms with Crippen LogP contribution in [0, 0.1) is 5.82 Å². The minimum atomic E-state index is -0.416. The molecule has 4 amide bonds. The first kappa shape index (κ1) is 15.7. The Kier molecular flexibility index (Phi) is 4.24. The Balaban J connectivity index is 1.68. The maximum atomic E-state index is 12.9. The molecular weight excluding hydrogens is 313 g/mol. The van der Waals surface area contributed by atoms with E-state index in [1.54, 1.807) is 12.1 Å². The number of hydrogen-bond donors (Lipinski definition) is 2. The molecule has 0 aromatic heterocycles. The van der Waals surface area contributed by atoms with Crippen LogP contribution in [0.25, 0.3) is 0 Å². The van der Waals surface area contributed by atoms with Crippen LogP contribution in [-0.4, -0.2) is 35.8 Å². The van der Waals surface area contributed by atoms with Crippen molar-refractivity contribution >= 4 is 23.5 Å². The molecule has 1 fully saturated rings. The smallest absolute Gasteiger partial charge is 0.324 e. The Morgan fingerprint density at radius 2 is 1.62 bits per heavy atom. The highest BCUT2D eigenvalue weighted by atomic mass is 19.1. The van der Waals surface area contributed by atoms with E-state index in [0.717, 1.165) is 4.90 Å². The predicted octanol–water partition coefficient (Wildman–Crippen LogP) is 2.24. The number of carbonyl (C=O) groups excluding carboxylic acids is 3. The van der Waals surface area contributed by atoms with E-state index in [9.17, 15) is 18.8 Å². The Morgan fingerprint density at radius 3 is 2.21 bits per heavy atom. The number of imide groups is 1. The van der Waals surface area contributed by atoms with Crippen LogP contribution < -0.4 is 10.6 Å². The second-order valence-corrected chi connectivity index (χ2v) is 5.23. The van der Waals surface area contributed by atoms with Gasteiger partial charge in [-0.05, 0) is 48.5 Å². The summed E-state index contributed by atoms with van der Waals surface area (Å²) in [5.74, 6) is -1.19. The van der Waals surface area contributed by atoms with Crippen LogP contribution >= 0.6 is 0 Å². The van der Waals surface area contributed by atoms with Gasteiger partial charge in [0.15, 0.2) is 0 Å². The average Bonchev–Trinajstić information content (AvgIpc) is 3.01. The maximum absolute atomic E-state index is 12.9. The molecule has 0 saturated carbocycles. The normalized spacial score (nSPS) is 13.5. The molecule has 2 aromatic carbocycles. The Morgan fingerprint density at radius 1 is 1.00 bits per heavy atom. The van der Waals surface area contributed by atoms with Crippen molar-refractivity contribution in [2.24, 2.45) is 0 Å². The topological polar surface area (TPSA) is 78.5 Å². The van der Waals surface area contributed by atoms with Gasteiger partial charge in [0.25, 0.3) is 11.8 Å². The standard InChI is InChI=1S/C17H14FN3O3/c18-13-5-1-11(2-6-13)15(22)20-14-7-3-12(4-8-14)16(23)21-10-9-19-17(21)24/h1-8H,9-10H2,(H,19,24)(H,20,22). The first-order valence-electron chi connectivity index (χ1n) is 7.31. The van der Waals surface area contributed by atoms with Crippen LogP contribution in [0.2, 0.25) is 0 Å². The van der Waals surface area contributed by atoms with E-state index in [0.29, 0.717) is 29.9 Å². The van der Waals surface area contributed by atoms with E-state index in [1.165, 1.54) is 36.4 Å². The fourth-order valence-corrected chi connectivity index (χ4v) is 2.32. The number of carbonyl (C=O) groups is 3. The number of halogens is 1. The van der Waals surface area contributed by atoms with Gasteiger partial charge < -0.3 is 10.6 Å². The molecule has 2 aromatic rings. The van der Waals surface area contributed by atoms with Crippen molar-refractivity contribution in [2.75, 3.05) is 18.4 Å². The molecule has 0 aliphatic carbocycles. The Bertz CT molecular complexity index is 788. The number of nitrogens with one attached hydrogen (secondary N) is 2. The highest BCUT2D eigenvalue weighted by Gasteiger charge is 2.26. The van der Waals surface area contributed by atoms with Crippen molar-refractivity contribution in [3.05, 3.63) is 65.5 Å². The number of benzene rings is 2. The average molecular weight is 327 g/mol. The van der Waals surface area contributed by atoms with Gasteiger partial charge in [-0.15, -0.1) is 0 Å². The van der Waals surface area contributed by atoms with Crippen molar-refractivity contribution in [3.63, 3.8) is 0 Å². The van der Waals surface area contributed by atoms with Crippen molar-refractivity contribution in [3.8, 4) is 0 Å². The second-order valence-electron chi connectivity index (χ2n) is 5.23. The number of urea groups is 1. The zero-order valence-electron chi connectivity index (χ0n) is 12.6. The molecule has 2 N–H and O–H groups in total. The minimum Gasteiger partial charge on any atom is -0.336 e. The third-order valence-electron chi connectivity index (χ3n) is 3.60. The second kappa shape index (κ2) is 6.49. The van der Waals surface area contributed by atoms with Gasteiger partial charge in [0.05, 0.1) is 0 Å². The third-order valence-corrected chi connectivity index (χ3v) is 3.60. The molecule has 1 aliphatic heterocycles. The molecule has 1 saturated heterocycles. The summed E-state index contributed by atoms with van der Waals surface area (Å²) < 4.78 is 12.9. The largest absolute Gasteiger partial charge is 0.336 e. The van der Waals surface area contributed by atoms with Crippen LogP contribution in [0.15, 0.2) is 48.5 Å². The summed E-state index contributed by atoms with van der Waals surface area (Å²) >= 11 is 0. The van der Waals surface area contributed by atoms with Gasteiger partial charge in [0.2, 0.25) is 0 Å². The summed E-state index contributed by atoms with van der Waals surface area (Å²) in [5, 5.41) is 5.22. The lowest BCUT2D eigenvalue weighted by molar-refractivity contribution is 0.0829. The van der Waals surface area contributed by atoms with E-state index >= 15 is 0 Å². The number of amides is 4. The quantitative estimate of drug-likeness (QED) is 0.907. The summed E-state index contributed by atoms with van der Waals surface area (Å²) in [6.45, 7) is 0.775. The van der Waals surface area contributed by atoms with Gasteiger partial charge in [0, 0.05) is 29.9 Å². The van der Waals surface area contributed by atoms with E-state index in [2.05, 4.69) is 10.6 Å². The zero-order chi connectivity index (χ0) is 17.1. The fourth-order valence-electron chi connectivity index (χ4n) is 2.32. The van der Waals surface area contributed by atoms with Gasteiger partial charge in [-0.3, -0.25) is 14.5 Å². The van der Waals surface area contributed by atoms with E-state index < -0.39 is 11.8 Å². The first-order valence-corrected chi connectivity index (χ1v) is 7.31. The molecule has 0 atom stereocenters. The molecule has 0 spiro atoms. The molecule has 24 heavy (non-hydrogen) atoms. The van der Waals surface area contributed by atoms with Crippen LogP contribution in [0.1, 0.15) is 20.7 Å². The molecule has 0 unspecified atom stereocenters. The van der Waals surface area contributed by atoms with Gasteiger partial charge >= 0.3 is 6.03 Å². The summed E-state index contributed by atoms with van der Waals surface area (Å²) in [6, 6.07) is 11.0. The SMILES string of the molecule is O=C(Nc1ccc(C(=O)N2CCNC2=O)cc1)c1ccc(F)cc1. The maximum Gasteiger partial charge on any atom is 0.324 e. The molecule has 6 nitrogen and oxygen atoms in total. The summed E-state index contributed by atoms with van der Waals surface area (Å²) in [5.41, 5.74) is 1.17. The van der Waals surface area contributed by atoms with Crippen LogP contribution in [0.5, 0.6) is 0 Å². The number of anilines is 1. The lowest BCUT2D eigenvalue weighted by atomic mass is 10.1. The number of rotatable bonds is 3. The fraction of sp³-hybridized carbons (Fsp3) is 0.118. The highest BCUT2D eigenvalue weighted by Crippen LogP contribution is 2.14. The number of nitrogens with zero attached hydrogens (tertiary/aromatic N) is 1. The molecule has 0 bridgehead atoms. The van der Waals surface area contributed by atoms with E-state index in [-0.39, 0.29) is 11.8 Å². The van der Waals surface area contributed by atoms with Crippen molar-refractivity contribution in [1.29, 1.82) is 0 Å². The first-order chi connectivity index (χ1) is 11.5. The van der Waals surface area contributed by atoms with Gasteiger partial charge in [0.1, 0.15) is 5.82 Å². The third kappa shape index (κ3) is 3.24. The van der Waals surface area contributed by atoms with Crippen molar-refractivity contribution in [2.45, 2.75) is 0 Å². The monoisotopic (exact) mass is 327 g/mol. The number of hydrogen-bond acceptors (Lipinski definition) is 3. The van der Waals surface area contributed by atoms with Crippen LogP contribution in [-0.2, 0) is 0 Å². The van der Waals surface area contributed by atoms with Gasteiger partial charge in [-0.1, -0.05) is 0 Å². The molecule has 122 valence electrons. The van der Waals surface area contributed by atoms with Crippen LogP contribution in [0.3, 0.4) is 0 Å². The van der Waals surface area contributed by atoms with Gasteiger partial charge in [-0.2, -0.15) is 0 Å². The molecule has 1 aliphatic rings. The van der Waals surface area contributed by atoms with Crippen LogP contribution in [0.4, 0.5) is 14.9 Å². The molecule has 0 radical (unpaired) electrons. The van der Waals surface area contributed by atoms with E-state index in [4.69, 9.17) is 0 Å². The summed E-state index contributed by atoms with van der Waals surface area (Å²) in [7, 11) is 0. The Labute approximate surface area is 137 Å². The van der Waals surface area contributed by atoms with Gasteiger partial charge in [-0.25, -0.2) is 9.18 Å². The minimum absolute atomic E-state index is 0.324. The summed E-state index contributed by atoms with van der Waals surface area (Å²) in [4.78, 5) is 36.8. The molecule has 7 heteroatoms. The van der Waals surface area contributed by atoms with Crippen molar-refractivity contribution in [1.82, 2.24) is 10.2 Å². The zero-order valence-corrected chi connectivity index (χ0v) is 12.6. The molecule has 3 rings (SSSR count). The highest BCUT2D eigenvalue weighted by molar-refractivity contribution is 6.06. The predicted molar refractivity (Wildman–Crippen MR) is 85.2 cm³/mol. The summed E-state index contributed by atoms with van der Waals surface area (Å²) in [6.07, 6.45) is 0. The Hall–Kier alpha value is -3.22.